The molecule has 1 aliphatic heterocycles. The first-order valence-corrected chi connectivity index (χ1v) is 8.47. The Labute approximate surface area is 149 Å². The minimum atomic E-state index is -0.510. The minimum Gasteiger partial charge on any atom is -0.444 e. The molecule has 1 fully saturated rings. The topological polar surface area (TPSA) is 74.8 Å². The van der Waals surface area contributed by atoms with Crippen molar-refractivity contribution < 1.29 is 14.3 Å². The molecule has 0 unspecified atom stereocenters. The van der Waals surface area contributed by atoms with E-state index in [1.54, 1.807) is 24.2 Å². The number of rotatable bonds is 2. The molecule has 0 spiro atoms. The largest absolute Gasteiger partial charge is 0.444 e. The Balaban J connectivity index is 2.09. The van der Waals surface area contributed by atoms with E-state index in [0.717, 1.165) is 5.69 Å². The van der Waals surface area contributed by atoms with Crippen LogP contribution >= 0.6 is 0 Å². The van der Waals surface area contributed by atoms with Gasteiger partial charge in [0.15, 0.2) is 0 Å². The van der Waals surface area contributed by atoms with Crippen LogP contribution in [0.2, 0.25) is 0 Å². The Kier molecular flexibility index (Phi) is 5.25. The lowest BCUT2D eigenvalue weighted by molar-refractivity contribution is 0.000363. The molecule has 1 aromatic rings. The second kappa shape index (κ2) is 6.90. The third kappa shape index (κ3) is 4.61. The normalized spacial score (nSPS) is 17.2. The van der Waals surface area contributed by atoms with Crippen molar-refractivity contribution in [2.45, 2.75) is 45.8 Å². The fourth-order valence-electron chi connectivity index (χ4n) is 2.87. The number of aromatic nitrogens is 1. The summed E-state index contributed by atoms with van der Waals surface area (Å²) in [6.07, 6.45) is 1.41. The second-order valence-electron chi connectivity index (χ2n) is 7.85. The summed E-state index contributed by atoms with van der Waals surface area (Å²) in [6.45, 7) is 11.6. The Morgan fingerprint density at radius 1 is 1.24 bits per heavy atom. The molecule has 0 atom stereocenters. The SMILES string of the molecule is CNC(=O)c1ccc(N2CCN(C(=O)OC(C)(C)C)C(C)(C)C2)cn1. The van der Waals surface area contributed by atoms with Gasteiger partial charge in [-0.25, -0.2) is 9.78 Å². The Morgan fingerprint density at radius 2 is 1.92 bits per heavy atom. The van der Waals surface area contributed by atoms with E-state index in [9.17, 15) is 9.59 Å². The van der Waals surface area contributed by atoms with Crippen molar-refractivity contribution in [1.29, 1.82) is 0 Å². The van der Waals surface area contributed by atoms with Gasteiger partial charge >= 0.3 is 6.09 Å². The molecular formula is C18H28N4O3. The predicted octanol–water partition coefficient (Wildman–Crippen LogP) is 2.28. The maximum Gasteiger partial charge on any atom is 0.410 e. The maximum atomic E-state index is 12.5. The zero-order valence-corrected chi connectivity index (χ0v) is 15.9. The zero-order valence-electron chi connectivity index (χ0n) is 15.9. The van der Waals surface area contributed by atoms with Crippen LogP contribution in [0.5, 0.6) is 0 Å². The van der Waals surface area contributed by atoms with E-state index in [0.29, 0.717) is 25.3 Å². The van der Waals surface area contributed by atoms with E-state index in [-0.39, 0.29) is 17.5 Å². The summed E-state index contributed by atoms with van der Waals surface area (Å²) in [7, 11) is 1.58. The molecule has 2 rings (SSSR count). The van der Waals surface area contributed by atoms with E-state index in [1.165, 1.54) is 0 Å². The summed E-state index contributed by atoms with van der Waals surface area (Å²) in [4.78, 5) is 32.2. The monoisotopic (exact) mass is 348 g/mol. The Bertz CT molecular complexity index is 635. The number of hydrogen-bond acceptors (Lipinski definition) is 5. The van der Waals surface area contributed by atoms with Crippen LogP contribution in [0.3, 0.4) is 0 Å². The first-order chi connectivity index (χ1) is 11.5. The highest BCUT2D eigenvalue weighted by atomic mass is 16.6. The van der Waals surface area contributed by atoms with Crippen LogP contribution < -0.4 is 10.2 Å². The van der Waals surface area contributed by atoms with Crippen LogP contribution in [0.1, 0.15) is 45.1 Å². The average Bonchev–Trinajstić information content (AvgIpc) is 2.51. The first kappa shape index (κ1) is 19.0. The van der Waals surface area contributed by atoms with Crippen LogP contribution in [0.4, 0.5) is 10.5 Å². The number of ether oxygens (including phenoxy) is 1. The summed E-state index contributed by atoms with van der Waals surface area (Å²) >= 11 is 0. The average molecular weight is 348 g/mol. The number of carbonyl (C=O) groups is 2. The third-order valence-corrected chi connectivity index (χ3v) is 4.09. The molecule has 2 amide bonds. The van der Waals surface area contributed by atoms with E-state index >= 15 is 0 Å². The number of anilines is 1. The van der Waals surface area contributed by atoms with Gasteiger partial charge in [-0.1, -0.05) is 0 Å². The first-order valence-electron chi connectivity index (χ1n) is 8.47. The molecule has 0 aliphatic carbocycles. The highest BCUT2D eigenvalue weighted by molar-refractivity contribution is 5.92. The van der Waals surface area contributed by atoms with Crippen LogP contribution in [-0.2, 0) is 4.74 Å². The molecule has 1 aromatic heterocycles. The number of nitrogens with zero attached hydrogens (tertiary/aromatic N) is 3. The van der Waals surface area contributed by atoms with Gasteiger partial charge in [-0.2, -0.15) is 0 Å². The van der Waals surface area contributed by atoms with Gasteiger partial charge in [0.2, 0.25) is 0 Å². The Morgan fingerprint density at radius 3 is 2.40 bits per heavy atom. The number of nitrogens with one attached hydrogen (secondary N) is 1. The van der Waals surface area contributed by atoms with Crippen LogP contribution in [-0.4, -0.2) is 59.7 Å². The zero-order chi connectivity index (χ0) is 18.8. The van der Waals surface area contributed by atoms with Crippen molar-refractivity contribution in [3.8, 4) is 0 Å². The lowest BCUT2D eigenvalue weighted by Gasteiger charge is -2.47. The van der Waals surface area contributed by atoms with Gasteiger partial charge in [-0.3, -0.25) is 9.69 Å². The van der Waals surface area contributed by atoms with Crippen molar-refractivity contribution in [1.82, 2.24) is 15.2 Å². The molecule has 0 aromatic carbocycles. The van der Waals surface area contributed by atoms with Gasteiger partial charge in [0.25, 0.3) is 5.91 Å². The Hall–Kier alpha value is -2.31. The van der Waals surface area contributed by atoms with Gasteiger partial charge < -0.3 is 15.0 Å². The molecule has 7 nitrogen and oxygen atoms in total. The van der Waals surface area contributed by atoms with Crippen molar-refractivity contribution in [2.24, 2.45) is 0 Å². The highest BCUT2D eigenvalue weighted by Gasteiger charge is 2.39. The number of piperazine rings is 1. The molecule has 1 aliphatic rings. The lowest BCUT2D eigenvalue weighted by atomic mass is 9.99. The summed E-state index contributed by atoms with van der Waals surface area (Å²) in [6, 6.07) is 3.60. The lowest BCUT2D eigenvalue weighted by Crippen LogP contribution is -2.61. The van der Waals surface area contributed by atoms with Crippen molar-refractivity contribution in [3.63, 3.8) is 0 Å². The number of amides is 2. The van der Waals surface area contributed by atoms with Gasteiger partial charge in [-0.05, 0) is 46.8 Å². The third-order valence-electron chi connectivity index (χ3n) is 4.09. The van der Waals surface area contributed by atoms with Crippen molar-refractivity contribution in [3.05, 3.63) is 24.0 Å². The molecule has 0 saturated carbocycles. The van der Waals surface area contributed by atoms with Crippen molar-refractivity contribution >= 4 is 17.7 Å². The molecule has 2 heterocycles. The van der Waals surface area contributed by atoms with Gasteiger partial charge in [0.1, 0.15) is 11.3 Å². The van der Waals surface area contributed by atoms with E-state index in [1.807, 2.05) is 40.7 Å². The van der Waals surface area contributed by atoms with Gasteiger partial charge in [-0.15, -0.1) is 0 Å². The van der Waals surface area contributed by atoms with Gasteiger partial charge in [0, 0.05) is 26.7 Å². The number of carbonyl (C=O) groups excluding carboxylic acids is 2. The molecule has 0 bridgehead atoms. The molecule has 25 heavy (non-hydrogen) atoms. The van der Waals surface area contributed by atoms with E-state index in [2.05, 4.69) is 15.2 Å². The predicted molar refractivity (Wildman–Crippen MR) is 96.9 cm³/mol. The number of hydrogen-bond donors (Lipinski definition) is 1. The van der Waals surface area contributed by atoms with Crippen LogP contribution in [0.25, 0.3) is 0 Å². The second-order valence-corrected chi connectivity index (χ2v) is 7.85. The standard InChI is InChI=1S/C18H28N4O3/c1-17(2,3)25-16(24)22-10-9-21(12-18(22,4)5)13-7-8-14(20-11-13)15(23)19-6/h7-8,11H,9-10,12H2,1-6H3,(H,19,23). The van der Waals surface area contributed by atoms with E-state index < -0.39 is 5.60 Å². The summed E-state index contributed by atoms with van der Waals surface area (Å²) < 4.78 is 5.52. The van der Waals surface area contributed by atoms with Crippen LogP contribution in [0, 0.1) is 0 Å². The molecule has 0 radical (unpaired) electrons. The van der Waals surface area contributed by atoms with Crippen molar-refractivity contribution in [2.75, 3.05) is 31.6 Å². The summed E-state index contributed by atoms with van der Waals surface area (Å²) in [5.74, 6) is -0.207. The van der Waals surface area contributed by atoms with Gasteiger partial charge in [0.05, 0.1) is 17.4 Å². The molecule has 138 valence electrons. The summed E-state index contributed by atoms with van der Waals surface area (Å²) in [5.41, 5.74) is 0.437. The molecular weight excluding hydrogens is 320 g/mol. The van der Waals surface area contributed by atoms with Crippen LogP contribution in [0.15, 0.2) is 18.3 Å². The molecule has 7 heteroatoms. The molecule has 1 saturated heterocycles. The summed E-state index contributed by atoms with van der Waals surface area (Å²) in [5, 5.41) is 2.56. The quantitative estimate of drug-likeness (QED) is 0.887. The van der Waals surface area contributed by atoms with E-state index in [4.69, 9.17) is 4.74 Å². The maximum absolute atomic E-state index is 12.5. The smallest absolute Gasteiger partial charge is 0.410 e. The number of pyridine rings is 1. The fourth-order valence-corrected chi connectivity index (χ4v) is 2.87. The molecule has 1 N–H and O–H groups in total. The highest BCUT2D eigenvalue weighted by Crippen LogP contribution is 2.27. The minimum absolute atomic E-state index is 0.207. The fraction of sp³-hybridized carbons (Fsp3) is 0.611.